The SMILES string of the molecule is CCCC(Oc1ccc(Cl)c(C)c1Cl)C(=O)NC(C#N)(CC)CC. The summed E-state index contributed by atoms with van der Waals surface area (Å²) < 4.78 is 5.85. The number of rotatable bonds is 8. The van der Waals surface area contributed by atoms with Gasteiger partial charge in [-0.15, -0.1) is 0 Å². The van der Waals surface area contributed by atoms with E-state index >= 15 is 0 Å². The fourth-order valence-corrected chi connectivity index (χ4v) is 2.73. The summed E-state index contributed by atoms with van der Waals surface area (Å²) in [5, 5.41) is 13.2. The fraction of sp³-hybridized carbons (Fsp3) is 0.556. The smallest absolute Gasteiger partial charge is 0.262 e. The number of halogens is 2. The first kappa shape index (κ1) is 20.6. The number of nitrogens with one attached hydrogen (secondary N) is 1. The van der Waals surface area contributed by atoms with E-state index in [1.165, 1.54) is 0 Å². The van der Waals surface area contributed by atoms with Gasteiger partial charge in [0.2, 0.25) is 0 Å². The van der Waals surface area contributed by atoms with Gasteiger partial charge in [0.05, 0.1) is 11.1 Å². The zero-order valence-corrected chi connectivity index (χ0v) is 16.1. The molecule has 0 aliphatic carbocycles. The first-order valence-corrected chi connectivity index (χ1v) is 8.94. The Balaban J connectivity index is 3.01. The molecule has 1 amide bonds. The molecule has 4 nitrogen and oxygen atoms in total. The summed E-state index contributed by atoms with van der Waals surface area (Å²) in [6.07, 6.45) is 1.65. The average molecular weight is 371 g/mol. The Bertz CT molecular complexity index is 622. The van der Waals surface area contributed by atoms with Crippen molar-refractivity contribution in [2.45, 2.75) is 65.0 Å². The molecule has 6 heteroatoms. The fourth-order valence-electron chi connectivity index (χ4n) is 2.32. The van der Waals surface area contributed by atoms with Crippen LogP contribution in [0, 0.1) is 18.3 Å². The summed E-state index contributed by atoms with van der Waals surface area (Å²) in [6, 6.07) is 5.55. The number of ether oxygens (including phenoxy) is 1. The molecule has 0 spiro atoms. The predicted molar refractivity (Wildman–Crippen MR) is 97.6 cm³/mol. The summed E-state index contributed by atoms with van der Waals surface area (Å²) in [5.74, 6) is 0.119. The van der Waals surface area contributed by atoms with Crippen molar-refractivity contribution in [1.82, 2.24) is 5.32 Å². The lowest BCUT2D eigenvalue weighted by Gasteiger charge is -2.28. The molecule has 0 bridgehead atoms. The molecule has 1 N–H and O–H groups in total. The van der Waals surface area contributed by atoms with E-state index in [2.05, 4.69) is 11.4 Å². The van der Waals surface area contributed by atoms with Crippen LogP contribution in [-0.4, -0.2) is 17.6 Å². The van der Waals surface area contributed by atoms with E-state index in [-0.39, 0.29) is 5.91 Å². The van der Waals surface area contributed by atoms with Gasteiger partial charge in [0, 0.05) is 5.02 Å². The van der Waals surface area contributed by atoms with Crippen molar-refractivity contribution < 1.29 is 9.53 Å². The van der Waals surface area contributed by atoms with Gasteiger partial charge in [-0.3, -0.25) is 4.79 Å². The molecule has 1 rings (SSSR count). The normalized spacial score (nSPS) is 12.4. The largest absolute Gasteiger partial charge is 0.479 e. The zero-order valence-electron chi connectivity index (χ0n) is 14.6. The monoisotopic (exact) mass is 370 g/mol. The van der Waals surface area contributed by atoms with Crippen molar-refractivity contribution in [2.75, 3.05) is 0 Å². The second kappa shape index (κ2) is 9.15. The van der Waals surface area contributed by atoms with Gasteiger partial charge in [-0.2, -0.15) is 5.26 Å². The summed E-state index contributed by atoms with van der Waals surface area (Å²) in [6.45, 7) is 7.51. The standard InChI is InChI=1S/C18H24Cl2N2O2/c1-5-8-15(17(23)22-18(6-2,7-3)11-21)24-14-10-9-13(19)12(4)16(14)20/h9-10,15H,5-8H2,1-4H3,(H,22,23). The lowest BCUT2D eigenvalue weighted by atomic mass is 9.94. The number of hydrogen-bond acceptors (Lipinski definition) is 3. The van der Waals surface area contributed by atoms with E-state index in [1.54, 1.807) is 19.1 Å². The van der Waals surface area contributed by atoms with E-state index in [4.69, 9.17) is 27.9 Å². The third-order valence-corrected chi connectivity index (χ3v) is 5.06. The van der Waals surface area contributed by atoms with Crippen LogP contribution in [0.2, 0.25) is 10.0 Å². The number of benzene rings is 1. The van der Waals surface area contributed by atoms with Crippen LogP contribution in [-0.2, 0) is 4.79 Å². The first-order chi connectivity index (χ1) is 11.3. The van der Waals surface area contributed by atoms with Gasteiger partial charge in [-0.1, -0.05) is 50.4 Å². The minimum absolute atomic E-state index is 0.300. The van der Waals surface area contributed by atoms with Gasteiger partial charge in [0.15, 0.2) is 6.10 Å². The Morgan fingerprint density at radius 2 is 1.96 bits per heavy atom. The molecule has 0 aliphatic heterocycles. The molecule has 0 aromatic heterocycles. The molecule has 0 heterocycles. The molecule has 0 saturated heterocycles. The van der Waals surface area contributed by atoms with Gasteiger partial charge in [0.1, 0.15) is 11.3 Å². The topological polar surface area (TPSA) is 62.1 Å². The number of carbonyl (C=O) groups is 1. The molecule has 0 radical (unpaired) electrons. The van der Waals surface area contributed by atoms with Crippen LogP contribution in [0.4, 0.5) is 0 Å². The number of carbonyl (C=O) groups excluding carboxylic acids is 1. The third kappa shape index (κ3) is 4.78. The second-order valence-corrected chi connectivity index (χ2v) is 6.56. The zero-order chi connectivity index (χ0) is 18.3. The lowest BCUT2D eigenvalue weighted by Crippen LogP contribution is -2.51. The van der Waals surface area contributed by atoms with E-state index in [0.717, 1.165) is 6.42 Å². The van der Waals surface area contributed by atoms with Crippen molar-refractivity contribution in [1.29, 1.82) is 5.26 Å². The Morgan fingerprint density at radius 1 is 1.33 bits per heavy atom. The quantitative estimate of drug-likeness (QED) is 0.696. The number of hydrogen-bond donors (Lipinski definition) is 1. The molecule has 1 aromatic rings. The van der Waals surface area contributed by atoms with E-state index in [1.807, 2.05) is 20.8 Å². The van der Waals surface area contributed by atoms with Crippen LogP contribution in [0.1, 0.15) is 52.0 Å². The third-order valence-electron chi connectivity index (χ3n) is 4.18. The van der Waals surface area contributed by atoms with E-state index < -0.39 is 11.6 Å². The average Bonchev–Trinajstić information content (AvgIpc) is 2.59. The molecule has 0 saturated carbocycles. The molecule has 1 unspecified atom stereocenters. The maximum absolute atomic E-state index is 12.6. The maximum atomic E-state index is 12.6. The van der Waals surface area contributed by atoms with E-state index in [0.29, 0.717) is 40.6 Å². The highest BCUT2D eigenvalue weighted by Crippen LogP contribution is 2.33. The Kier molecular flexibility index (Phi) is 7.86. The summed E-state index contributed by atoms with van der Waals surface area (Å²) in [7, 11) is 0. The molecule has 0 fully saturated rings. The number of nitriles is 1. The molecule has 132 valence electrons. The summed E-state index contributed by atoms with van der Waals surface area (Å²) in [5.41, 5.74) is -0.161. The highest BCUT2D eigenvalue weighted by atomic mass is 35.5. The minimum Gasteiger partial charge on any atom is -0.479 e. The van der Waals surface area contributed by atoms with Crippen LogP contribution >= 0.6 is 23.2 Å². The molecular formula is C18H24Cl2N2O2. The van der Waals surface area contributed by atoms with Crippen molar-refractivity contribution in [3.8, 4) is 11.8 Å². The molecule has 1 aromatic carbocycles. The minimum atomic E-state index is -0.869. The van der Waals surface area contributed by atoms with Gasteiger partial charge in [-0.05, 0) is 43.9 Å². The molecular weight excluding hydrogens is 347 g/mol. The van der Waals surface area contributed by atoms with Crippen molar-refractivity contribution in [2.24, 2.45) is 0 Å². The van der Waals surface area contributed by atoms with Gasteiger partial charge in [0.25, 0.3) is 5.91 Å². The van der Waals surface area contributed by atoms with E-state index in [9.17, 15) is 10.1 Å². The molecule has 24 heavy (non-hydrogen) atoms. The van der Waals surface area contributed by atoms with Crippen molar-refractivity contribution in [3.63, 3.8) is 0 Å². The van der Waals surface area contributed by atoms with Crippen LogP contribution in [0.25, 0.3) is 0 Å². The van der Waals surface area contributed by atoms with Crippen LogP contribution in [0.15, 0.2) is 12.1 Å². The van der Waals surface area contributed by atoms with Crippen molar-refractivity contribution >= 4 is 29.1 Å². The Morgan fingerprint density at radius 3 is 2.46 bits per heavy atom. The Hall–Kier alpha value is -1.44. The number of nitrogens with zero attached hydrogens (tertiary/aromatic N) is 1. The number of amides is 1. The highest BCUT2D eigenvalue weighted by Gasteiger charge is 2.32. The van der Waals surface area contributed by atoms with Crippen LogP contribution in [0.5, 0.6) is 5.75 Å². The van der Waals surface area contributed by atoms with Gasteiger partial charge in [-0.25, -0.2) is 0 Å². The summed E-state index contributed by atoms with van der Waals surface area (Å²) >= 11 is 12.3. The maximum Gasteiger partial charge on any atom is 0.262 e. The predicted octanol–water partition coefficient (Wildman–Crippen LogP) is 5.05. The van der Waals surface area contributed by atoms with Crippen LogP contribution in [0.3, 0.4) is 0 Å². The van der Waals surface area contributed by atoms with Gasteiger partial charge >= 0.3 is 0 Å². The van der Waals surface area contributed by atoms with Crippen molar-refractivity contribution in [3.05, 3.63) is 27.7 Å². The second-order valence-electron chi connectivity index (χ2n) is 5.77. The first-order valence-electron chi connectivity index (χ1n) is 8.18. The summed E-state index contributed by atoms with van der Waals surface area (Å²) in [4.78, 5) is 12.6. The van der Waals surface area contributed by atoms with Crippen LogP contribution < -0.4 is 10.1 Å². The lowest BCUT2D eigenvalue weighted by molar-refractivity contribution is -0.129. The molecule has 0 aliphatic rings. The molecule has 1 atom stereocenters. The van der Waals surface area contributed by atoms with Gasteiger partial charge < -0.3 is 10.1 Å². The Labute approximate surface area is 154 Å². The highest BCUT2D eigenvalue weighted by molar-refractivity contribution is 6.36.